The Morgan fingerprint density at radius 3 is 2.23 bits per heavy atom. The van der Waals surface area contributed by atoms with Crippen LogP contribution in [0.3, 0.4) is 0 Å². The minimum atomic E-state index is -3.00. The highest BCUT2D eigenvalue weighted by Crippen LogP contribution is 2.47. The van der Waals surface area contributed by atoms with E-state index in [1.54, 1.807) is 11.8 Å². The third-order valence-corrected chi connectivity index (χ3v) is 8.35. The van der Waals surface area contributed by atoms with Gasteiger partial charge < -0.3 is 29.3 Å². The minimum Gasteiger partial charge on any atom is -0.465 e. The Hall–Kier alpha value is -1.09. The van der Waals surface area contributed by atoms with E-state index >= 15 is 0 Å². The predicted molar refractivity (Wildman–Crippen MR) is 125 cm³/mol. The maximum absolute atomic E-state index is 12.6. The van der Waals surface area contributed by atoms with Crippen molar-refractivity contribution in [1.29, 1.82) is 0 Å². The van der Waals surface area contributed by atoms with Gasteiger partial charge in [0.1, 0.15) is 0 Å². The lowest BCUT2D eigenvalue weighted by Gasteiger charge is -2.35. The van der Waals surface area contributed by atoms with E-state index in [-0.39, 0.29) is 6.04 Å². The highest BCUT2D eigenvalue weighted by atomic mass is 32.2. The van der Waals surface area contributed by atoms with Gasteiger partial charge in [0.05, 0.1) is 19.4 Å². The lowest BCUT2D eigenvalue weighted by atomic mass is 10.2. The lowest BCUT2D eigenvalue weighted by molar-refractivity contribution is 0.130. The van der Waals surface area contributed by atoms with Gasteiger partial charge in [-0.25, -0.2) is 4.79 Å². The molecule has 8 nitrogen and oxygen atoms in total. The molecule has 0 spiro atoms. The summed E-state index contributed by atoms with van der Waals surface area (Å²) in [5.41, 5.74) is 0. The first kappa shape index (κ1) is 26.2. The molecule has 1 aliphatic heterocycles. The fourth-order valence-corrected chi connectivity index (χ4v) is 6.12. The third-order valence-electron chi connectivity index (χ3n) is 5.12. The van der Waals surface area contributed by atoms with Crippen molar-refractivity contribution in [3.8, 4) is 0 Å². The normalized spacial score (nSPS) is 16.8. The van der Waals surface area contributed by atoms with E-state index in [0.717, 1.165) is 44.0 Å². The number of amides is 1. The van der Waals surface area contributed by atoms with Crippen molar-refractivity contribution in [2.45, 2.75) is 31.2 Å². The molecule has 1 heterocycles. The SMILES string of the molecule is CCOP(=O)(CCN1CCN(CC[C@H](CSc2ccccc2)NC(=O)O)CC1)OCC. The Balaban J connectivity index is 1.72. The minimum absolute atomic E-state index is 0.0935. The fraction of sp³-hybridized carbons (Fsp3) is 0.667. The maximum atomic E-state index is 12.6. The molecule has 0 bridgehead atoms. The summed E-state index contributed by atoms with van der Waals surface area (Å²) in [6.45, 7) is 9.61. The van der Waals surface area contributed by atoms with E-state index in [4.69, 9.17) is 14.2 Å². The zero-order chi connectivity index (χ0) is 22.5. The first-order valence-corrected chi connectivity index (χ1v) is 13.7. The van der Waals surface area contributed by atoms with Crippen LogP contribution in [0.4, 0.5) is 4.79 Å². The maximum Gasteiger partial charge on any atom is 0.404 e. The van der Waals surface area contributed by atoms with Crippen LogP contribution >= 0.6 is 19.4 Å². The molecule has 0 radical (unpaired) electrons. The molecule has 1 fully saturated rings. The molecular weight excluding hydrogens is 437 g/mol. The largest absolute Gasteiger partial charge is 0.465 e. The van der Waals surface area contributed by atoms with Gasteiger partial charge in [-0.3, -0.25) is 4.57 Å². The molecule has 1 amide bonds. The number of rotatable bonds is 14. The van der Waals surface area contributed by atoms with Crippen molar-refractivity contribution in [1.82, 2.24) is 15.1 Å². The average molecular weight is 474 g/mol. The van der Waals surface area contributed by atoms with E-state index in [9.17, 15) is 9.36 Å². The number of carboxylic acid groups (broad SMARTS) is 1. The first-order valence-electron chi connectivity index (χ1n) is 10.9. The van der Waals surface area contributed by atoms with Gasteiger partial charge >= 0.3 is 13.7 Å². The van der Waals surface area contributed by atoms with Crippen molar-refractivity contribution in [3.05, 3.63) is 30.3 Å². The Labute approximate surface area is 190 Å². The van der Waals surface area contributed by atoms with Crippen molar-refractivity contribution in [2.75, 3.05) is 64.4 Å². The molecule has 0 aromatic heterocycles. The second kappa shape index (κ2) is 14.1. The molecule has 2 rings (SSSR count). The van der Waals surface area contributed by atoms with Gasteiger partial charge in [-0.2, -0.15) is 0 Å². The average Bonchev–Trinajstić information content (AvgIpc) is 2.76. The second-order valence-corrected chi connectivity index (χ2v) is 10.7. The summed E-state index contributed by atoms with van der Waals surface area (Å²) in [4.78, 5) is 17.0. The van der Waals surface area contributed by atoms with Crippen LogP contribution in [0.1, 0.15) is 20.3 Å². The van der Waals surface area contributed by atoms with Crippen molar-refractivity contribution >= 4 is 25.5 Å². The number of benzene rings is 1. The van der Waals surface area contributed by atoms with Crippen LogP contribution in [-0.2, 0) is 13.6 Å². The van der Waals surface area contributed by atoms with Gasteiger partial charge in [0.2, 0.25) is 0 Å². The Bertz CT molecular complexity index is 679. The summed E-state index contributed by atoms with van der Waals surface area (Å²) in [5.74, 6) is 0.709. The zero-order valence-corrected chi connectivity index (χ0v) is 20.3. The summed E-state index contributed by atoms with van der Waals surface area (Å²) in [7, 11) is -3.00. The topological polar surface area (TPSA) is 91.3 Å². The number of piperazine rings is 1. The summed E-state index contributed by atoms with van der Waals surface area (Å²) in [5, 5.41) is 11.8. The van der Waals surface area contributed by atoms with Crippen LogP contribution < -0.4 is 5.32 Å². The number of nitrogens with zero attached hydrogens (tertiary/aromatic N) is 2. The number of hydrogen-bond donors (Lipinski definition) is 2. The molecular formula is C21H36N3O5PS. The van der Waals surface area contributed by atoms with Crippen molar-refractivity contribution in [3.63, 3.8) is 0 Å². The highest BCUT2D eigenvalue weighted by molar-refractivity contribution is 7.99. The lowest BCUT2D eigenvalue weighted by Crippen LogP contribution is -2.48. The van der Waals surface area contributed by atoms with Crippen molar-refractivity contribution in [2.24, 2.45) is 0 Å². The van der Waals surface area contributed by atoms with Gasteiger partial charge in [0, 0.05) is 56.0 Å². The third kappa shape index (κ3) is 10.4. The predicted octanol–water partition coefficient (Wildman–Crippen LogP) is 3.69. The highest BCUT2D eigenvalue weighted by Gasteiger charge is 2.26. The van der Waals surface area contributed by atoms with E-state index in [2.05, 4.69) is 15.1 Å². The summed E-state index contributed by atoms with van der Waals surface area (Å²) >= 11 is 1.67. The van der Waals surface area contributed by atoms with Crippen LogP contribution in [0.15, 0.2) is 35.2 Å². The fourth-order valence-electron chi connectivity index (χ4n) is 3.48. The summed E-state index contributed by atoms with van der Waals surface area (Å²) < 4.78 is 23.4. The Morgan fingerprint density at radius 1 is 1.10 bits per heavy atom. The number of hydrogen-bond acceptors (Lipinski definition) is 7. The smallest absolute Gasteiger partial charge is 0.404 e. The molecule has 0 saturated carbocycles. The van der Waals surface area contributed by atoms with Gasteiger partial charge in [-0.05, 0) is 32.4 Å². The standard InChI is InChI=1S/C21H36N3O5PS/c1-3-28-30(27,29-4-2)17-16-24-14-12-23(13-15-24)11-10-19(22-21(25)26)18-31-20-8-6-5-7-9-20/h5-9,19,22H,3-4,10-18H2,1-2H3,(H,25,26)/t19-/m1/s1. The molecule has 1 aliphatic rings. The van der Waals surface area contributed by atoms with Gasteiger partial charge in [0.25, 0.3) is 0 Å². The Morgan fingerprint density at radius 2 is 1.68 bits per heavy atom. The van der Waals surface area contributed by atoms with Crippen molar-refractivity contribution < 1.29 is 23.5 Å². The number of thioether (sulfide) groups is 1. The van der Waals surface area contributed by atoms with E-state index in [1.165, 1.54) is 0 Å². The van der Waals surface area contributed by atoms with Crippen LogP contribution in [-0.4, -0.2) is 91.4 Å². The molecule has 31 heavy (non-hydrogen) atoms. The van der Waals surface area contributed by atoms with Crippen LogP contribution in [0.5, 0.6) is 0 Å². The molecule has 1 aromatic carbocycles. The second-order valence-electron chi connectivity index (χ2n) is 7.41. The number of nitrogens with one attached hydrogen (secondary N) is 1. The zero-order valence-electron chi connectivity index (χ0n) is 18.6. The first-order chi connectivity index (χ1) is 14.9. The summed E-state index contributed by atoms with van der Waals surface area (Å²) in [6, 6.07) is 9.94. The van der Waals surface area contributed by atoms with Crippen LogP contribution in [0.2, 0.25) is 0 Å². The monoisotopic (exact) mass is 473 g/mol. The molecule has 176 valence electrons. The Kier molecular flexibility index (Phi) is 11.9. The number of carbonyl (C=O) groups is 1. The van der Waals surface area contributed by atoms with Gasteiger partial charge in [-0.1, -0.05) is 18.2 Å². The van der Waals surface area contributed by atoms with E-state index < -0.39 is 13.7 Å². The van der Waals surface area contributed by atoms with E-state index in [0.29, 0.717) is 31.7 Å². The van der Waals surface area contributed by atoms with Crippen LogP contribution in [0.25, 0.3) is 0 Å². The van der Waals surface area contributed by atoms with Gasteiger partial charge in [-0.15, -0.1) is 11.8 Å². The van der Waals surface area contributed by atoms with Crippen LogP contribution in [0, 0.1) is 0 Å². The molecule has 2 N–H and O–H groups in total. The van der Waals surface area contributed by atoms with Gasteiger partial charge in [0.15, 0.2) is 0 Å². The quantitative estimate of drug-likeness (QED) is 0.312. The molecule has 1 saturated heterocycles. The molecule has 0 aliphatic carbocycles. The molecule has 10 heteroatoms. The molecule has 0 unspecified atom stereocenters. The summed E-state index contributed by atoms with van der Waals surface area (Å²) in [6.07, 6.45) is 0.211. The molecule has 1 atom stereocenters. The van der Waals surface area contributed by atoms with E-state index in [1.807, 2.05) is 44.2 Å². The molecule has 1 aromatic rings.